The summed E-state index contributed by atoms with van der Waals surface area (Å²) in [4.78, 5) is 17.8. The number of rotatable bonds is 5. The van der Waals surface area contributed by atoms with E-state index in [1.54, 1.807) is 11.8 Å². The number of aromatic nitrogens is 1. The molecule has 0 aliphatic rings. The Hall–Kier alpha value is -2.08. The van der Waals surface area contributed by atoms with E-state index in [4.69, 9.17) is 4.74 Å². The molecule has 6 heteroatoms. The van der Waals surface area contributed by atoms with Crippen molar-refractivity contribution in [3.63, 3.8) is 0 Å². The van der Waals surface area contributed by atoms with Gasteiger partial charge in [-0.25, -0.2) is 9.78 Å². The Labute approximate surface area is 137 Å². The predicted molar refractivity (Wildman–Crippen MR) is 88.7 cm³/mol. The van der Waals surface area contributed by atoms with Crippen molar-refractivity contribution in [2.75, 3.05) is 19.0 Å². The summed E-state index contributed by atoms with van der Waals surface area (Å²) in [7, 11) is 3.63. The molecule has 0 bridgehead atoms. The molecule has 0 amide bonds. The van der Waals surface area contributed by atoms with Crippen LogP contribution in [0.25, 0.3) is 0 Å². The van der Waals surface area contributed by atoms with Gasteiger partial charge in [-0.05, 0) is 28.4 Å². The molecule has 2 rings (SSSR count). The number of nitrogens with zero attached hydrogens (tertiary/aromatic N) is 2. The summed E-state index contributed by atoms with van der Waals surface area (Å²) >= 11 is 3.32. The first-order valence-electron chi connectivity index (χ1n) is 6.69. The van der Waals surface area contributed by atoms with Crippen molar-refractivity contribution < 1.29 is 14.6 Å². The first kappa shape index (κ1) is 16.3. The van der Waals surface area contributed by atoms with E-state index in [1.807, 2.05) is 44.4 Å². The number of carbonyl (C=O) groups is 1. The van der Waals surface area contributed by atoms with E-state index in [1.165, 1.54) is 0 Å². The highest BCUT2D eigenvalue weighted by Gasteiger charge is 2.23. The molecule has 0 radical (unpaired) electrons. The second-order valence-corrected chi connectivity index (χ2v) is 5.78. The Morgan fingerprint density at radius 2 is 1.95 bits per heavy atom. The van der Waals surface area contributed by atoms with Crippen molar-refractivity contribution in [1.82, 2.24) is 4.98 Å². The standard InChI is InChI=1S/C16H17BrN2O3/c1-10-12(16(20)21)13(14(17)18-15(10)19(2)3)22-9-11-7-5-4-6-8-11/h4-8H,9H2,1-3H3,(H,20,21). The van der Waals surface area contributed by atoms with E-state index in [9.17, 15) is 9.90 Å². The van der Waals surface area contributed by atoms with Gasteiger partial charge in [0.2, 0.25) is 0 Å². The minimum atomic E-state index is -1.04. The van der Waals surface area contributed by atoms with E-state index in [2.05, 4.69) is 20.9 Å². The van der Waals surface area contributed by atoms with Gasteiger partial charge in [0, 0.05) is 19.7 Å². The Morgan fingerprint density at radius 3 is 2.50 bits per heavy atom. The Bertz CT molecular complexity index is 688. The maximum atomic E-state index is 11.6. The lowest BCUT2D eigenvalue weighted by Crippen LogP contribution is -2.16. The lowest BCUT2D eigenvalue weighted by atomic mass is 10.1. The third kappa shape index (κ3) is 3.39. The van der Waals surface area contributed by atoms with Crippen molar-refractivity contribution >= 4 is 27.7 Å². The molecule has 0 spiro atoms. The van der Waals surface area contributed by atoms with Crippen molar-refractivity contribution in [2.45, 2.75) is 13.5 Å². The number of carboxylic acids is 1. The number of benzene rings is 1. The number of carboxylic acid groups (broad SMARTS) is 1. The van der Waals surface area contributed by atoms with Gasteiger partial charge in [-0.15, -0.1) is 0 Å². The lowest BCUT2D eigenvalue weighted by molar-refractivity contribution is 0.0690. The monoisotopic (exact) mass is 364 g/mol. The Balaban J connectivity index is 2.42. The zero-order valence-corrected chi connectivity index (χ0v) is 14.2. The maximum Gasteiger partial charge on any atom is 0.340 e. The van der Waals surface area contributed by atoms with Gasteiger partial charge in [0.15, 0.2) is 10.4 Å². The van der Waals surface area contributed by atoms with Crippen LogP contribution in [0.5, 0.6) is 5.75 Å². The number of anilines is 1. The van der Waals surface area contributed by atoms with Gasteiger partial charge in [0.25, 0.3) is 0 Å². The highest BCUT2D eigenvalue weighted by atomic mass is 79.9. The van der Waals surface area contributed by atoms with Crippen LogP contribution in [0.3, 0.4) is 0 Å². The third-order valence-electron chi connectivity index (χ3n) is 3.19. The SMILES string of the molecule is Cc1c(N(C)C)nc(Br)c(OCc2ccccc2)c1C(=O)O. The molecule has 0 saturated heterocycles. The average Bonchev–Trinajstić information content (AvgIpc) is 2.47. The van der Waals surface area contributed by atoms with Gasteiger partial charge in [-0.3, -0.25) is 0 Å². The summed E-state index contributed by atoms with van der Waals surface area (Å²) in [5, 5.41) is 9.53. The minimum absolute atomic E-state index is 0.126. The normalized spacial score (nSPS) is 10.4. The van der Waals surface area contributed by atoms with Crippen LogP contribution in [0.4, 0.5) is 5.82 Å². The molecular formula is C16H17BrN2O3. The highest BCUT2D eigenvalue weighted by Crippen LogP contribution is 2.35. The predicted octanol–water partition coefficient (Wildman–Crippen LogP) is 3.50. The van der Waals surface area contributed by atoms with Gasteiger partial charge < -0.3 is 14.7 Å². The summed E-state index contributed by atoms with van der Waals surface area (Å²) in [6, 6.07) is 9.57. The third-order valence-corrected chi connectivity index (χ3v) is 3.73. The molecule has 0 atom stereocenters. The minimum Gasteiger partial charge on any atom is -0.485 e. The van der Waals surface area contributed by atoms with E-state index in [0.29, 0.717) is 16.0 Å². The van der Waals surface area contributed by atoms with Crippen LogP contribution in [0.15, 0.2) is 34.9 Å². The zero-order valence-electron chi connectivity index (χ0n) is 12.6. The fourth-order valence-corrected chi connectivity index (χ4v) is 2.65. The summed E-state index contributed by atoms with van der Waals surface area (Å²) in [6.07, 6.45) is 0. The molecule has 0 aliphatic carbocycles. The van der Waals surface area contributed by atoms with Crippen molar-refractivity contribution in [3.05, 3.63) is 51.6 Å². The molecule has 22 heavy (non-hydrogen) atoms. The van der Waals surface area contributed by atoms with Crippen LogP contribution < -0.4 is 9.64 Å². The molecular weight excluding hydrogens is 348 g/mol. The fraction of sp³-hybridized carbons (Fsp3) is 0.250. The van der Waals surface area contributed by atoms with Crippen LogP contribution in [0.1, 0.15) is 21.5 Å². The van der Waals surface area contributed by atoms with Crippen molar-refractivity contribution in [2.24, 2.45) is 0 Å². The molecule has 2 aromatic rings. The van der Waals surface area contributed by atoms with Gasteiger partial charge in [-0.1, -0.05) is 30.3 Å². The molecule has 5 nitrogen and oxygen atoms in total. The number of halogens is 1. The molecule has 0 fully saturated rings. The maximum absolute atomic E-state index is 11.6. The van der Waals surface area contributed by atoms with Gasteiger partial charge >= 0.3 is 5.97 Å². The van der Waals surface area contributed by atoms with Crippen LogP contribution in [-0.2, 0) is 6.61 Å². The molecule has 0 unspecified atom stereocenters. The van der Waals surface area contributed by atoms with Gasteiger partial charge in [-0.2, -0.15) is 0 Å². The fourth-order valence-electron chi connectivity index (χ4n) is 2.17. The number of hydrogen-bond acceptors (Lipinski definition) is 4. The lowest BCUT2D eigenvalue weighted by Gasteiger charge is -2.19. The summed E-state index contributed by atoms with van der Waals surface area (Å²) < 4.78 is 6.11. The number of aromatic carboxylic acids is 1. The second kappa shape index (κ2) is 6.79. The van der Waals surface area contributed by atoms with Crippen LogP contribution in [0, 0.1) is 6.92 Å². The van der Waals surface area contributed by atoms with Crippen molar-refractivity contribution in [1.29, 1.82) is 0 Å². The van der Waals surface area contributed by atoms with E-state index < -0.39 is 5.97 Å². The number of pyridine rings is 1. The van der Waals surface area contributed by atoms with Crippen LogP contribution in [-0.4, -0.2) is 30.2 Å². The zero-order chi connectivity index (χ0) is 16.3. The molecule has 0 aliphatic heterocycles. The summed E-state index contributed by atoms with van der Waals surface area (Å²) in [5.74, 6) is -0.192. The Morgan fingerprint density at radius 1 is 1.32 bits per heavy atom. The van der Waals surface area contributed by atoms with Gasteiger partial charge in [0.05, 0.1) is 0 Å². The second-order valence-electron chi connectivity index (χ2n) is 5.03. The first-order chi connectivity index (χ1) is 10.4. The van der Waals surface area contributed by atoms with E-state index >= 15 is 0 Å². The van der Waals surface area contributed by atoms with E-state index in [0.717, 1.165) is 5.56 Å². The quantitative estimate of drug-likeness (QED) is 0.822. The number of ether oxygens (including phenoxy) is 1. The smallest absolute Gasteiger partial charge is 0.340 e. The summed E-state index contributed by atoms with van der Waals surface area (Å²) in [5.41, 5.74) is 1.66. The average molecular weight is 365 g/mol. The molecule has 1 heterocycles. The van der Waals surface area contributed by atoms with Gasteiger partial charge in [0.1, 0.15) is 18.0 Å². The highest BCUT2D eigenvalue weighted by molar-refractivity contribution is 9.10. The Kier molecular flexibility index (Phi) is 5.03. The van der Waals surface area contributed by atoms with Crippen molar-refractivity contribution in [3.8, 4) is 5.75 Å². The molecule has 1 N–H and O–H groups in total. The van der Waals surface area contributed by atoms with Crippen LogP contribution in [0.2, 0.25) is 0 Å². The topological polar surface area (TPSA) is 62.7 Å². The number of hydrogen-bond donors (Lipinski definition) is 1. The molecule has 0 saturated carbocycles. The molecule has 1 aromatic carbocycles. The first-order valence-corrected chi connectivity index (χ1v) is 7.48. The molecule has 1 aromatic heterocycles. The largest absolute Gasteiger partial charge is 0.485 e. The van der Waals surface area contributed by atoms with Crippen LogP contribution >= 0.6 is 15.9 Å². The van der Waals surface area contributed by atoms with E-state index in [-0.39, 0.29) is 17.9 Å². The summed E-state index contributed by atoms with van der Waals surface area (Å²) in [6.45, 7) is 2.01. The molecule has 116 valence electrons.